The molecule has 0 saturated carbocycles. The molecule has 2 aromatic carbocycles. The highest BCUT2D eigenvalue weighted by molar-refractivity contribution is 6.06. The molecule has 3 aliphatic rings. The molecular formula is C35H48ClFN14O2. The van der Waals surface area contributed by atoms with Crippen LogP contribution in [0.25, 0.3) is 10.9 Å². The first kappa shape index (κ1) is 38.1. The molecule has 18 heteroatoms. The summed E-state index contributed by atoms with van der Waals surface area (Å²) in [5, 5.41) is 9.48. The third-order valence-electron chi connectivity index (χ3n) is 9.80. The van der Waals surface area contributed by atoms with Crippen LogP contribution < -0.4 is 59.0 Å². The fraction of sp³-hybridized carbons (Fsp3) is 0.457. The lowest BCUT2D eigenvalue weighted by atomic mass is 10.0. The maximum Gasteiger partial charge on any atom is 0.261 e. The third kappa shape index (κ3) is 8.45. The van der Waals surface area contributed by atoms with Crippen LogP contribution in [0, 0.1) is 5.82 Å². The van der Waals surface area contributed by atoms with E-state index in [9.17, 15) is 9.59 Å². The van der Waals surface area contributed by atoms with Crippen molar-refractivity contribution in [3.63, 3.8) is 0 Å². The van der Waals surface area contributed by atoms with Crippen molar-refractivity contribution in [1.29, 1.82) is 0 Å². The standard InChI is InChI=1S/C35H47FN14O2.ClH/c1-2-47-19-27(31(51)26-13-28(36)30(14-29(26)47)48-9-7-41-8-10-48)32(52)42-24-3-5-25(6-4-24)43-33-44-34(49-15-20(37)11-21(38)16-49)46-35(45-33)50-17-22(39)12-23(40)18-50;/h3-6,13-14,19-23,41H,2,7-12,15-18,37-40H2,1H3,(H,42,52)(H,43,44,45,46);1H/t20-,21+,22-,23+;. The van der Waals surface area contributed by atoms with E-state index in [0.717, 1.165) is 13.1 Å². The molecule has 4 atom stereocenters. The summed E-state index contributed by atoms with van der Waals surface area (Å²) in [6.07, 6.45) is 2.96. The number of carbonyl (C=O) groups excluding carboxylic acids is 1. The number of hydrogen-bond donors (Lipinski definition) is 7. The summed E-state index contributed by atoms with van der Waals surface area (Å²) in [4.78, 5) is 47.1. The number of piperidine rings is 2. The van der Waals surface area contributed by atoms with Crippen LogP contribution in [-0.2, 0) is 6.54 Å². The van der Waals surface area contributed by atoms with Crippen LogP contribution in [0.3, 0.4) is 0 Å². The van der Waals surface area contributed by atoms with Crippen LogP contribution in [0.1, 0.15) is 30.1 Å². The highest BCUT2D eigenvalue weighted by Crippen LogP contribution is 2.27. The summed E-state index contributed by atoms with van der Waals surface area (Å²) in [5.74, 6) is 0.119. The molecule has 1 amide bonds. The van der Waals surface area contributed by atoms with Gasteiger partial charge in [0.2, 0.25) is 23.3 Å². The van der Waals surface area contributed by atoms with Crippen molar-refractivity contribution < 1.29 is 9.18 Å². The van der Waals surface area contributed by atoms with Gasteiger partial charge in [-0.3, -0.25) is 9.59 Å². The van der Waals surface area contributed by atoms with Crippen LogP contribution in [0.5, 0.6) is 0 Å². The zero-order chi connectivity index (χ0) is 36.5. The lowest BCUT2D eigenvalue weighted by Crippen LogP contribution is -2.54. The lowest BCUT2D eigenvalue weighted by molar-refractivity contribution is 0.102. The summed E-state index contributed by atoms with van der Waals surface area (Å²) >= 11 is 0. The fourth-order valence-corrected chi connectivity index (χ4v) is 7.31. The monoisotopic (exact) mass is 750 g/mol. The molecule has 7 rings (SSSR count). The van der Waals surface area contributed by atoms with E-state index in [-0.39, 0.29) is 47.5 Å². The Bertz CT molecular complexity index is 1930. The molecule has 0 aliphatic carbocycles. The van der Waals surface area contributed by atoms with Gasteiger partial charge < -0.3 is 58.2 Å². The van der Waals surface area contributed by atoms with Gasteiger partial charge in [0.05, 0.1) is 11.2 Å². The van der Waals surface area contributed by atoms with E-state index < -0.39 is 17.2 Å². The minimum absolute atomic E-state index is 0. The van der Waals surface area contributed by atoms with E-state index in [0.29, 0.717) is 99.1 Å². The van der Waals surface area contributed by atoms with Crippen LogP contribution >= 0.6 is 12.4 Å². The second-order valence-corrected chi connectivity index (χ2v) is 14.0. The van der Waals surface area contributed by atoms with E-state index in [1.807, 2.05) is 21.6 Å². The number of aromatic nitrogens is 4. The Morgan fingerprint density at radius 1 is 0.849 bits per heavy atom. The van der Waals surface area contributed by atoms with Gasteiger partial charge in [-0.1, -0.05) is 0 Å². The molecule has 3 fully saturated rings. The molecule has 284 valence electrons. The van der Waals surface area contributed by atoms with Gasteiger partial charge in [0, 0.05) is 106 Å². The Morgan fingerprint density at radius 3 is 1.94 bits per heavy atom. The number of carbonyl (C=O) groups is 1. The van der Waals surface area contributed by atoms with E-state index in [4.69, 9.17) is 37.9 Å². The predicted octanol–water partition coefficient (Wildman–Crippen LogP) is 0.902. The van der Waals surface area contributed by atoms with E-state index in [1.54, 1.807) is 34.9 Å². The molecular weight excluding hydrogens is 703 g/mol. The molecule has 3 saturated heterocycles. The van der Waals surface area contributed by atoms with Crippen molar-refractivity contribution in [3.05, 3.63) is 64.2 Å². The molecule has 4 aromatic rings. The van der Waals surface area contributed by atoms with Gasteiger partial charge in [-0.25, -0.2) is 4.39 Å². The SMILES string of the molecule is CCn1cc(C(=O)Nc2ccc(Nc3nc(N4C[C@H](N)C[C@H](N)C4)nc(N4C[C@H](N)C[C@H](N)C4)n3)cc2)c(=O)c2cc(F)c(N3CCNCC3)cc21.Cl. The number of fused-ring (bicyclic) bond motifs is 1. The molecule has 2 aromatic heterocycles. The molecule has 11 N–H and O–H groups in total. The molecule has 53 heavy (non-hydrogen) atoms. The number of nitrogens with zero attached hydrogens (tertiary/aromatic N) is 7. The largest absolute Gasteiger partial charge is 0.367 e. The van der Waals surface area contributed by atoms with Crippen molar-refractivity contribution >= 4 is 64.1 Å². The van der Waals surface area contributed by atoms with Gasteiger partial charge in [0.15, 0.2) is 0 Å². The molecule has 0 bridgehead atoms. The molecule has 16 nitrogen and oxygen atoms in total. The Labute approximate surface area is 312 Å². The molecule has 5 heterocycles. The van der Waals surface area contributed by atoms with Crippen LogP contribution in [0.2, 0.25) is 0 Å². The summed E-state index contributed by atoms with van der Waals surface area (Å²) in [6.45, 7) is 7.44. The van der Waals surface area contributed by atoms with Gasteiger partial charge in [0.25, 0.3) is 5.91 Å². The number of hydrogen-bond acceptors (Lipinski definition) is 14. The number of anilines is 6. The topological polar surface area (TPSA) is 228 Å². The van der Waals surface area contributed by atoms with Gasteiger partial charge in [0.1, 0.15) is 11.4 Å². The number of nitrogens with two attached hydrogens (primary N) is 4. The minimum Gasteiger partial charge on any atom is -0.367 e. The van der Waals surface area contributed by atoms with Crippen molar-refractivity contribution in [2.45, 2.75) is 50.5 Å². The Balaban J connectivity index is 0.00000481. The van der Waals surface area contributed by atoms with Crippen LogP contribution in [-0.4, -0.2) is 102 Å². The van der Waals surface area contributed by atoms with Crippen molar-refractivity contribution in [2.75, 3.05) is 77.7 Å². The number of benzene rings is 2. The molecule has 0 radical (unpaired) electrons. The number of aryl methyl sites for hydroxylation is 1. The first-order valence-electron chi connectivity index (χ1n) is 17.8. The molecule has 0 unspecified atom stereocenters. The highest BCUT2D eigenvalue weighted by atomic mass is 35.5. The maximum atomic E-state index is 15.3. The molecule has 0 spiro atoms. The summed E-state index contributed by atoms with van der Waals surface area (Å²) in [6, 6.07) is 9.42. The van der Waals surface area contributed by atoms with Gasteiger partial charge >= 0.3 is 0 Å². The van der Waals surface area contributed by atoms with Crippen molar-refractivity contribution in [1.82, 2.24) is 24.8 Å². The Kier molecular flexibility index (Phi) is 11.6. The molecule has 3 aliphatic heterocycles. The van der Waals surface area contributed by atoms with Gasteiger partial charge in [-0.05, 0) is 56.2 Å². The Hall–Kier alpha value is -4.65. The van der Waals surface area contributed by atoms with E-state index >= 15 is 4.39 Å². The zero-order valence-corrected chi connectivity index (χ0v) is 30.5. The highest BCUT2D eigenvalue weighted by Gasteiger charge is 2.29. The van der Waals surface area contributed by atoms with Gasteiger partial charge in [-0.15, -0.1) is 12.4 Å². The van der Waals surface area contributed by atoms with Gasteiger partial charge in [-0.2, -0.15) is 15.0 Å². The smallest absolute Gasteiger partial charge is 0.261 e. The number of pyridine rings is 1. The Morgan fingerprint density at radius 2 is 1.40 bits per heavy atom. The van der Waals surface area contributed by atoms with Crippen molar-refractivity contribution in [3.8, 4) is 0 Å². The second kappa shape index (κ2) is 16.2. The number of rotatable bonds is 8. The zero-order valence-electron chi connectivity index (χ0n) is 29.7. The predicted molar refractivity (Wildman–Crippen MR) is 209 cm³/mol. The normalized spacial score (nSPS) is 22.0. The van der Waals surface area contributed by atoms with Crippen LogP contribution in [0.4, 0.5) is 39.3 Å². The average molecular weight is 751 g/mol. The maximum absolute atomic E-state index is 15.3. The minimum atomic E-state index is -0.593. The van der Waals surface area contributed by atoms with E-state index in [2.05, 4.69) is 16.0 Å². The third-order valence-corrected chi connectivity index (χ3v) is 9.80. The fourth-order valence-electron chi connectivity index (χ4n) is 7.31. The summed E-state index contributed by atoms with van der Waals surface area (Å²) in [5.41, 5.74) is 26.7. The number of nitrogens with one attached hydrogen (secondary N) is 3. The first-order chi connectivity index (χ1) is 25.0. The van der Waals surface area contributed by atoms with E-state index in [1.165, 1.54) is 12.3 Å². The average Bonchev–Trinajstić information content (AvgIpc) is 3.12. The first-order valence-corrected chi connectivity index (χ1v) is 17.8. The lowest BCUT2D eigenvalue weighted by Gasteiger charge is -2.37. The van der Waals surface area contributed by atoms with Crippen molar-refractivity contribution in [2.24, 2.45) is 22.9 Å². The summed E-state index contributed by atoms with van der Waals surface area (Å²) < 4.78 is 17.1. The summed E-state index contributed by atoms with van der Waals surface area (Å²) in [7, 11) is 0. The number of piperazine rings is 1. The number of amides is 1. The quantitative estimate of drug-likeness (QED) is 0.133. The second-order valence-electron chi connectivity index (χ2n) is 14.0. The number of halogens is 2. The van der Waals surface area contributed by atoms with Crippen LogP contribution in [0.15, 0.2) is 47.4 Å².